The summed E-state index contributed by atoms with van der Waals surface area (Å²) in [4.78, 5) is 46.7. The number of hydrogen-bond donors (Lipinski definition) is 4. The predicted molar refractivity (Wildman–Crippen MR) is 77.8 cm³/mol. The minimum absolute atomic E-state index is 0.0484. The second kappa shape index (κ2) is 7.47. The third-order valence-electron chi connectivity index (χ3n) is 3.37. The molecule has 0 heterocycles. The number of hydroxylamine groups is 1. The molecule has 4 atom stereocenters. The van der Waals surface area contributed by atoms with Crippen LogP contribution in [0.5, 0.6) is 0 Å². The van der Waals surface area contributed by atoms with Crippen LogP contribution >= 0.6 is 0 Å². The molecule has 24 heavy (non-hydrogen) atoms. The van der Waals surface area contributed by atoms with E-state index in [1.807, 2.05) is 0 Å². The number of rotatable bonds is 6. The summed E-state index contributed by atoms with van der Waals surface area (Å²) in [6.07, 6.45) is -0.993. The summed E-state index contributed by atoms with van der Waals surface area (Å²) in [5.41, 5.74) is 0.538. The molecule has 1 aliphatic rings. The van der Waals surface area contributed by atoms with Gasteiger partial charge in [0.1, 0.15) is 11.6 Å². The van der Waals surface area contributed by atoms with Crippen molar-refractivity contribution in [3.63, 3.8) is 0 Å². The van der Waals surface area contributed by atoms with Gasteiger partial charge < -0.3 is 19.9 Å². The number of carboxylic acid groups (broad SMARTS) is 1. The Kier molecular flexibility index (Phi) is 6.13. The summed E-state index contributed by atoms with van der Waals surface area (Å²) in [6.45, 7) is 6.41. The maximum atomic E-state index is 11.9. The van der Waals surface area contributed by atoms with E-state index < -0.39 is 53.3 Å². The van der Waals surface area contributed by atoms with Gasteiger partial charge in [-0.15, -0.1) is 0 Å². The highest BCUT2D eigenvalue weighted by molar-refractivity contribution is 5.93. The highest BCUT2D eigenvalue weighted by atomic mass is 16.6. The number of hydrogen-bond acceptors (Lipinski definition) is 7. The van der Waals surface area contributed by atoms with Gasteiger partial charge in [0.25, 0.3) is 0 Å². The molecular formula is C14H22N2O8. The van der Waals surface area contributed by atoms with Gasteiger partial charge in [-0.2, -0.15) is 0 Å². The zero-order chi connectivity index (χ0) is 18.7. The molecule has 1 aliphatic carbocycles. The van der Waals surface area contributed by atoms with E-state index in [2.05, 4.69) is 5.32 Å². The van der Waals surface area contributed by atoms with Crippen LogP contribution < -0.4 is 10.8 Å². The number of aliphatic carboxylic acids is 1. The van der Waals surface area contributed by atoms with Gasteiger partial charge in [-0.3, -0.25) is 14.8 Å². The number of esters is 1. The number of carbonyl (C=O) groups is 4. The van der Waals surface area contributed by atoms with Crippen LogP contribution in [-0.2, 0) is 23.9 Å². The van der Waals surface area contributed by atoms with Crippen LogP contribution in [0.25, 0.3) is 0 Å². The zero-order valence-corrected chi connectivity index (χ0v) is 13.9. The van der Waals surface area contributed by atoms with Gasteiger partial charge in [0.05, 0.1) is 18.4 Å². The summed E-state index contributed by atoms with van der Waals surface area (Å²) in [7, 11) is 0. The average Bonchev–Trinajstić information content (AvgIpc) is 3.17. The summed E-state index contributed by atoms with van der Waals surface area (Å²) < 4.78 is 9.78. The van der Waals surface area contributed by atoms with Gasteiger partial charge in [0.15, 0.2) is 0 Å². The number of carboxylic acids is 1. The Bertz CT molecular complexity index is 527. The van der Waals surface area contributed by atoms with E-state index in [1.54, 1.807) is 27.7 Å². The predicted octanol–water partition coefficient (Wildman–Crippen LogP) is -0.105. The molecular weight excluding hydrogens is 324 g/mol. The standard InChI is InChI=1S/C14H22N2O8/c1-5-23-12(20)8-6(7(8)10(17)16-22)9(11(18)19)15-13(21)24-14(2,3)4/h6-9,22H,5H2,1-4H3,(H,15,21)(H,16,17)(H,18,19). The van der Waals surface area contributed by atoms with E-state index in [4.69, 9.17) is 14.7 Å². The van der Waals surface area contributed by atoms with Crippen molar-refractivity contribution in [2.75, 3.05) is 6.61 Å². The highest BCUT2D eigenvalue weighted by Crippen LogP contribution is 2.49. The SMILES string of the molecule is CCOC(=O)C1C(C(=O)NO)C1C(NC(=O)OC(C)(C)C)C(=O)O. The van der Waals surface area contributed by atoms with E-state index in [-0.39, 0.29) is 6.61 Å². The molecule has 0 saturated heterocycles. The number of ether oxygens (including phenoxy) is 2. The van der Waals surface area contributed by atoms with Crippen molar-refractivity contribution in [3.05, 3.63) is 0 Å². The molecule has 1 rings (SSSR count). The normalized spacial score (nSPS) is 23.6. The molecule has 0 spiro atoms. The smallest absolute Gasteiger partial charge is 0.408 e. The first-order valence-electron chi connectivity index (χ1n) is 7.36. The number of alkyl carbamates (subject to hydrolysis) is 1. The topological polar surface area (TPSA) is 151 Å². The highest BCUT2D eigenvalue weighted by Gasteiger charge is 2.65. The van der Waals surface area contributed by atoms with Gasteiger partial charge in [-0.05, 0) is 27.7 Å². The van der Waals surface area contributed by atoms with Crippen LogP contribution in [0.3, 0.4) is 0 Å². The minimum atomic E-state index is -1.54. The summed E-state index contributed by atoms with van der Waals surface area (Å²) in [6, 6.07) is -1.54. The van der Waals surface area contributed by atoms with Gasteiger partial charge in [-0.25, -0.2) is 15.1 Å². The van der Waals surface area contributed by atoms with Crippen LogP contribution in [0.1, 0.15) is 27.7 Å². The van der Waals surface area contributed by atoms with Crippen molar-refractivity contribution in [1.82, 2.24) is 10.8 Å². The first kappa shape index (κ1) is 19.7. The minimum Gasteiger partial charge on any atom is -0.480 e. The van der Waals surface area contributed by atoms with Crippen LogP contribution in [0.2, 0.25) is 0 Å². The second-order valence-corrected chi connectivity index (χ2v) is 6.32. The van der Waals surface area contributed by atoms with E-state index >= 15 is 0 Å². The monoisotopic (exact) mass is 346 g/mol. The molecule has 136 valence electrons. The molecule has 4 N–H and O–H groups in total. The third kappa shape index (κ3) is 4.82. The summed E-state index contributed by atoms with van der Waals surface area (Å²) >= 11 is 0. The Morgan fingerprint density at radius 3 is 2.17 bits per heavy atom. The summed E-state index contributed by atoms with van der Waals surface area (Å²) in [5, 5.41) is 20.2. The van der Waals surface area contributed by atoms with E-state index in [1.165, 1.54) is 5.48 Å². The second-order valence-electron chi connectivity index (χ2n) is 6.32. The van der Waals surface area contributed by atoms with Crippen molar-refractivity contribution in [2.45, 2.75) is 39.3 Å². The average molecular weight is 346 g/mol. The molecule has 1 saturated carbocycles. The molecule has 0 aliphatic heterocycles. The quantitative estimate of drug-likeness (QED) is 0.295. The van der Waals surface area contributed by atoms with Crippen molar-refractivity contribution in [3.8, 4) is 0 Å². The first-order chi connectivity index (χ1) is 11.0. The molecule has 0 aromatic rings. The molecule has 2 amide bonds. The lowest BCUT2D eigenvalue weighted by Crippen LogP contribution is -2.46. The number of carbonyl (C=O) groups excluding carboxylic acids is 3. The van der Waals surface area contributed by atoms with Gasteiger partial charge >= 0.3 is 18.0 Å². The van der Waals surface area contributed by atoms with Gasteiger partial charge in [0.2, 0.25) is 5.91 Å². The van der Waals surface area contributed by atoms with Crippen LogP contribution in [0.4, 0.5) is 4.79 Å². The molecule has 0 aromatic heterocycles. The van der Waals surface area contributed by atoms with Crippen molar-refractivity contribution >= 4 is 23.9 Å². The Morgan fingerprint density at radius 2 is 1.75 bits per heavy atom. The maximum Gasteiger partial charge on any atom is 0.408 e. The lowest BCUT2D eigenvalue weighted by Gasteiger charge is -2.22. The molecule has 0 aromatic carbocycles. The largest absolute Gasteiger partial charge is 0.480 e. The van der Waals surface area contributed by atoms with Crippen LogP contribution in [0, 0.1) is 17.8 Å². The Morgan fingerprint density at radius 1 is 1.17 bits per heavy atom. The fourth-order valence-corrected chi connectivity index (χ4v) is 2.46. The Labute approximate surface area is 138 Å². The zero-order valence-electron chi connectivity index (χ0n) is 13.9. The molecule has 4 unspecified atom stereocenters. The number of nitrogens with one attached hydrogen (secondary N) is 2. The fourth-order valence-electron chi connectivity index (χ4n) is 2.46. The van der Waals surface area contributed by atoms with Crippen LogP contribution in [-0.4, -0.2) is 52.5 Å². The molecule has 10 nitrogen and oxygen atoms in total. The first-order valence-corrected chi connectivity index (χ1v) is 7.36. The van der Waals surface area contributed by atoms with Gasteiger partial charge in [0, 0.05) is 5.92 Å². The van der Waals surface area contributed by atoms with E-state index in [9.17, 15) is 24.3 Å². The van der Waals surface area contributed by atoms with E-state index in [0.717, 1.165) is 0 Å². The Balaban J connectivity index is 2.93. The fraction of sp³-hybridized carbons (Fsp3) is 0.714. The maximum absolute atomic E-state index is 11.9. The van der Waals surface area contributed by atoms with Crippen LogP contribution in [0.15, 0.2) is 0 Å². The molecule has 0 bridgehead atoms. The molecule has 1 fully saturated rings. The van der Waals surface area contributed by atoms with E-state index in [0.29, 0.717) is 0 Å². The summed E-state index contributed by atoms with van der Waals surface area (Å²) in [5.74, 6) is -6.38. The van der Waals surface area contributed by atoms with Crippen molar-refractivity contribution in [1.29, 1.82) is 0 Å². The molecule has 10 heteroatoms. The lowest BCUT2D eigenvalue weighted by atomic mass is 10.1. The molecule has 0 radical (unpaired) electrons. The Hall–Kier alpha value is -2.36. The van der Waals surface area contributed by atoms with Crippen molar-refractivity contribution in [2.24, 2.45) is 17.8 Å². The number of amides is 2. The lowest BCUT2D eigenvalue weighted by molar-refractivity contribution is -0.147. The van der Waals surface area contributed by atoms with Crippen molar-refractivity contribution < 1.29 is 39.0 Å². The third-order valence-corrected chi connectivity index (χ3v) is 3.37. The van der Waals surface area contributed by atoms with Gasteiger partial charge in [-0.1, -0.05) is 0 Å².